The maximum absolute atomic E-state index is 12.8. The second kappa shape index (κ2) is 10.3. The van der Waals surface area contributed by atoms with Crippen LogP contribution in [-0.2, 0) is 4.79 Å². The van der Waals surface area contributed by atoms with Crippen LogP contribution in [0.5, 0.6) is 0 Å². The van der Waals surface area contributed by atoms with Crippen LogP contribution in [-0.4, -0.2) is 50.6 Å². The van der Waals surface area contributed by atoms with Crippen molar-refractivity contribution in [2.45, 2.75) is 28.7 Å². The van der Waals surface area contributed by atoms with Crippen molar-refractivity contribution in [2.75, 3.05) is 25.0 Å². The number of amides is 1. The highest BCUT2D eigenvalue weighted by Crippen LogP contribution is 2.33. The first kappa shape index (κ1) is 21.8. The van der Waals surface area contributed by atoms with Crippen molar-refractivity contribution in [2.24, 2.45) is 0 Å². The van der Waals surface area contributed by atoms with Crippen LogP contribution in [0.4, 0.5) is 5.69 Å². The number of nitrogens with zero attached hydrogens (tertiary/aromatic N) is 5. The third-order valence-corrected chi connectivity index (χ3v) is 7.50. The average molecular weight is 477 g/mol. The summed E-state index contributed by atoms with van der Waals surface area (Å²) in [6.07, 6.45) is 1.79. The average Bonchev–Trinajstić information content (AvgIpc) is 3.54. The van der Waals surface area contributed by atoms with E-state index < -0.39 is 0 Å². The molecule has 0 aliphatic carbocycles. The lowest BCUT2D eigenvalue weighted by Gasteiger charge is -2.30. The van der Waals surface area contributed by atoms with Crippen molar-refractivity contribution in [1.29, 1.82) is 0 Å². The van der Waals surface area contributed by atoms with Gasteiger partial charge in [-0.05, 0) is 53.8 Å². The zero-order valence-electron chi connectivity index (χ0n) is 18.0. The van der Waals surface area contributed by atoms with Crippen LogP contribution in [0.15, 0.2) is 81.9 Å². The van der Waals surface area contributed by atoms with Crippen molar-refractivity contribution in [1.82, 2.24) is 25.1 Å². The molecule has 33 heavy (non-hydrogen) atoms. The molecule has 0 atom stereocenters. The van der Waals surface area contributed by atoms with Gasteiger partial charge in [-0.1, -0.05) is 48.2 Å². The lowest BCUT2D eigenvalue weighted by Crippen LogP contribution is -2.40. The third kappa shape index (κ3) is 5.50. The highest BCUT2D eigenvalue weighted by atomic mass is 32.2. The number of piperidine rings is 1. The molecule has 1 saturated heterocycles. The molecule has 1 aliphatic heterocycles. The molecule has 1 fully saturated rings. The van der Waals surface area contributed by atoms with Crippen LogP contribution in [0, 0.1) is 0 Å². The Morgan fingerprint density at radius 1 is 1.03 bits per heavy atom. The molecule has 1 N–H and O–H groups in total. The van der Waals surface area contributed by atoms with E-state index in [9.17, 15) is 4.79 Å². The maximum atomic E-state index is 12.8. The van der Waals surface area contributed by atoms with E-state index in [0.29, 0.717) is 12.4 Å². The van der Waals surface area contributed by atoms with Gasteiger partial charge in [-0.25, -0.2) is 0 Å². The summed E-state index contributed by atoms with van der Waals surface area (Å²) in [7, 11) is 0. The number of likely N-dealkylation sites (tertiary alicyclic amines) is 1. The quantitative estimate of drug-likeness (QED) is 0.412. The fourth-order valence-electron chi connectivity index (χ4n) is 3.86. The number of aromatic nitrogens is 4. The summed E-state index contributed by atoms with van der Waals surface area (Å²) in [4.78, 5) is 19.9. The molecule has 0 bridgehead atoms. The van der Waals surface area contributed by atoms with E-state index in [1.165, 1.54) is 0 Å². The number of para-hydroxylation sites is 1. The Balaban J connectivity index is 1.14. The largest absolute Gasteiger partial charge is 0.324 e. The first-order chi connectivity index (χ1) is 16.2. The number of rotatable bonds is 7. The predicted octanol–water partition coefficient (Wildman–Crippen LogP) is 4.83. The molecule has 0 spiro atoms. The molecule has 0 unspecified atom stereocenters. The summed E-state index contributed by atoms with van der Waals surface area (Å²) in [5.41, 5.74) is 0.846. The lowest BCUT2D eigenvalue weighted by atomic mass is 10.1. The Morgan fingerprint density at radius 2 is 1.82 bits per heavy atom. The predicted molar refractivity (Wildman–Crippen MR) is 131 cm³/mol. The number of benzene rings is 2. The van der Waals surface area contributed by atoms with Crippen molar-refractivity contribution in [3.05, 3.63) is 72.1 Å². The number of carbonyl (C=O) groups excluding carboxylic acids is 1. The molecule has 0 saturated carbocycles. The number of carbonyl (C=O) groups is 1. The fraction of sp³-hybridized carbons (Fsp3) is 0.250. The zero-order valence-corrected chi connectivity index (χ0v) is 19.6. The van der Waals surface area contributed by atoms with Crippen LogP contribution in [0.1, 0.15) is 18.9 Å². The van der Waals surface area contributed by atoms with Crippen LogP contribution in [0.2, 0.25) is 0 Å². The van der Waals surface area contributed by atoms with Crippen molar-refractivity contribution >= 4 is 34.7 Å². The number of hydrogen-bond acceptors (Lipinski definition) is 7. The second-order valence-electron chi connectivity index (χ2n) is 7.88. The molecular weight excluding hydrogens is 452 g/mol. The van der Waals surface area contributed by atoms with Crippen molar-refractivity contribution in [3.8, 4) is 10.7 Å². The van der Waals surface area contributed by atoms with Gasteiger partial charge in [0.15, 0.2) is 0 Å². The van der Waals surface area contributed by atoms with Crippen LogP contribution in [0.25, 0.3) is 10.7 Å². The number of thiophene rings is 1. The molecule has 2 aromatic heterocycles. The van der Waals surface area contributed by atoms with Gasteiger partial charge in [0.25, 0.3) is 0 Å². The fourth-order valence-corrected chi connectivity index (χ4v) is 5.43. The first-order valence-electron chi connectivity index (χ1n) is 10.9. The molecule has 5 rings (SSSR count). The summed E-state index contributed by atoms with van der Waals surface area (Å²) in [5.74, 6) is 0.687. The van der Waals surface area contributed by atoms with Crippen LogP contribution in [0.3, 0.4) is 0 Å². The van der Waals surface area contributed by atoms with E-state index in [2.05, 4.69) is 37.8 Å². The molecule has 2 aromatic carbocycles. The van der Waals surface area contributed by atoms with Gasteiger partial charge in [0.2, 0.25) is 11.7 Å². The standard InChI is InChI=1S/C24H24N6OS2/c31-23(25-20-9-4-5-10-21(20)33-19-7-2-1-3-8-19)17-29-14-12-18(13-15-29)30-27-24(26-28-30)22-11-6-16-32-22/h1-11,16,18H,12-15,17H2,(H,25,31). The summed E-state index contributed by atoms with van der Waals surface area (Å²) >= 11 is 3.26. The lowest BCUT2D eigenvalue weighted by molar-refractivity contribution is -0.117. The topological polar surface area (TPSA) is 75.9 Å². The first-order valence-corrected chi connectivity index (χ1v) is 12.6. The molecule has 1 amide bonds. The van der Waals surface area contributed by atoms with Gasteiger partial charge >= 0.3 is 0 Å². The minimum Gasteiger partial charge on any atom is -0.324 e. The van der Waals surface area contributed by atoms with Crippen LogP contribution < -0.4 is 5.32 Å². The molecule has 9 heteroatoms. The number of hydrogen-bond donors (Lipinski definition) is 1. The van der Waals surface area contributed by atoms with Crippen molar-refractivity contribution in [3.63, 3.8) is 0 Å². The van der Waals surface area contributed by atoms with Crippen molar-refractivity contribution < 1.29 is 4.79 Å². The molecular formula is C24H24N6OS2. The van der Waals surface area contributed by atoms with Gasteiger partial charge in [0, 0.05) is 22.9 Å². The van der Waals surface area contributed by atoms with E-state index in [0.717, 1.165) is 46.3 Å². The summed E-state index contributed by atoms with van der Waals surface area (Å²) < 4.78 is 0. The van der Waals surface area contributed by atoms with Gasteiger partial charge in [-0.15, -0.1) is 21.5 Å². The second-order valence-corrected chi connectivity index (χ2v) is 9.94. The molecule has 1 aliphatic rings. The number of tetrazole rings is 1. The Kier molecular flexibility index (Phi) is 6.80. The van der Waals surface area contributed by atoms with E-state index in [1.807, 2.05) is 60.0 Å². The minimum absolute atomic E-state index is 0.00780. The Morgan fingerprint density at radius 3 is 2.61 bits per heavy atom. The summed E-state index contributed by atoms with van der Waals surface area (Å²) in [6.45, 7) is 2.03. The molecule has 4 aromatic rings. The van der Waals surface area contributed by atoms with Gasteiger partial charge in [0.05, 0.1) is 23.2 Å². The Labute approximate surface area is 200 Å². The number of anilines is 1. The van der Waals surface area contributed by atoms with E-state index in [4.69, 9.17) is 0 Å². The normalized spacial score (nSPS) is 14.9. The van der Waals surface area contributed by atoms with E-state index in [1.54, 1.807) is 27.9 Å². The van der Waals surface area contributed by atoms with Gasteiger partial charge in [-0.2, -0.15) is 4.80 Å². The summed E-state index contributed by atoms with van der Waals surface area (Å²) in [5, 5.41) is 18.1. The SMILES string of the molecule is O=C(CN1CCC(n2nnc(-c3cccs3)n2)CC1)Nc1ccccc1Sc1ccccc1. The monoisotopic (exact) mass is 476 g/mol. The third-order valence-electron chi connectivity index (χ3n) is 5.55. The Hall–Kier alpha value is -3.01. The van der Waals surface area contributed by atoms with Crippen LogP contribution >= 0.6 is 23.1 Å². The Bertz CT molecular complexity index is 1190. The summed E-state index contributed by atoms with van der Waals surface area (Å²) in [6, 6.07) is 22.3. The molecule has 7 nitrogen and oxygen atoms in total. The zero-order chi connectivity index (χ0) is 22.5. The van der Waals surface area contributed by atoms with E-state index >= 15 is 0 Å². The van der Waals surface area contributed by atoms with Gasteiger partial charge < -0.3 is 5.32 Å². The molecule has 168 valence electrons. The molecule has 0 radical (unpaired) electrons. The minimum atomic E-state index is 0.00780. The number of nitrogens with one attached hydrogen (secondary N) is 1. The molecule has 3 heterocycles. The van der Waals surface area contributed by atoms with E-state index in [-0.39, 0.29) is 11.9 Å². The maximum Gasteiger partial charge on any atom is 0.238 e. The highest BCUT2D eigenvalue weighted by Gasteiger charge is 2.24. The van der Waals surface area contributed by atoms with Gasteiger partial charge in [-0.3, -0.25) is 9.69 Å². The smallest absolute Gasteiger partial charge is 0.238 e. The van der Waals surface area contributed by atoms with Gasteiger partial charge in [0.1, 0.15) is 0 Å². The highest BCUT2D eigenvalue weighted by molar-refractivity contribution is 7.99.